The molecule has 1 fully saturated rings. The molecule has 1 amide bonds. The molecule has 3 heterocycles. The zero-order valence-electron chi connectivity index (χ0n) is 13.2. The molecule has 1 N–H and O–H groups in total. The van der Waals surface area contributed by atoms with Crippen LogP contribution in [0.15, 0.2) is 18.6 Å². The lowest BCUT2D eigenvalue weighted by Crippen LogP contribution is -2.45. The molecular weight excluding hydrogens is 292 g/mol. The van der Waals surface area contributed by atoms with Crippen molar-refractivity contribution < 1.29 is 4.79 Å². The van der Waals surface area contributed by atoms with Gasteiger partial charge in [0.05, 0.1) is 12.4 Å². The Morgan fingerprint density at radius 1 is 1.39 bits per heavy atom. The number of likely N-dealkylation sites (tertiary alicyclic amines) is 1. The van der Waals surface area contributed by atoms with E-state index >= 15 is 0 Å². The van der Waals surface area contributed by atoms with Crippen LogP contribution < -0.4 is 0 Å². The molecule has 7 heteroatoms. The molecule has 1 aliphatic heterocycles. The minimum Gasteiger partial charge on any atom is -0.342 e. The molecular formula is C16H22N6O. The van der Waals surface area contributed by atoms with E-state index in [0.29, 0.717) is 11.8 Å². The summed E-state index contributed by atoms with van der Waals surface area (Å²) in [5.41, 5.74) is 2.42. The van der Waals surface area contributed by atoms with Crippen molar-refractivity contribution in [3.8, 4) is 0 Å². The Morgan fingerprint density at radius 2 is 2.35 bits per heavy atom. The Bertz CT molecular complexity index is 664. The van der Waals surface area contributed by atoms with Gasteiger partial charge in [-0.25, -0.2) is 0 Å². The first-order chi connectivity index (χ1) is 11.3. The van der Waals surface area contributed by atoms with Crippen molar-refractivity contribution in [1.82, 2.24) is 30.1 Å². The largest absolute Gasteiger partial charge is 0.342 e. The lowest BCUT2D eigenvalue weighted by molar-refractivity contribution is -0.137. The first-order valence-electron chi connectivity index (χ1n) is 8.43. The molecule has 0 bridgehead atoms. The second-order valence-corrected chi connectivity index (χ2v) is 6.73. The minimum absolute atomic E-state index is 0.105. The highest BCUT2D eigenvalue weighted by Crippen LogP contribution is 2.27. The van der Waals surface area contributed by atoms with E-state index in [1.807, 2.05) is 17.1 Å². The van der Waals surface area contributed by atoms with Crippen molar-refractivity contribution >= 4 is 5.91 Å². The lowest BCUT2D eigenvalue weighted by Gasteiger charge is -2.35. The summed E-state index contributed by atoms with van der Waals surface area (Å²) in [7, 11) is 0. The van der Waals surface area contributed by atoms with E-state index in [0.717, 1.165) is 57.4 Å². The minimum atomic E-state index is 0.105. The summed E-state index contributed by atoms with van der Waals surface area (Å²) < 4.78 is 1.87. The molecule has 0 spiro atoms. The number of carbonyl (C=O) groups is 1. The van der Waals surface area contributed by atoms with Crippen molar-refractivity contribution in [3.05, 3.63) is 29.8 Å². The topological polar surface area (TPSA) is 79.7 Å². The number of aryl methyl sites for hydroxylation is 1. The SMILES string of the molecule is O=C(C1CCc2cn[nH]c2C1)N1CCCC(Cn2ccnn2)C1. The maximum Gasteiger partial charge on any atom is 0.226 e. The number of aromatic nitrogens is 5. The molecule has 7 nitrogen and oxygen atoms in total. The van der Waals surface area contributed by atoms with E-state index in [4.69, 9.17) is 0 Å². The number of piperidine rings is 1. The first kappa shape index (κ1) is 14.4. The normalized spacial score (nSPS) is 24.4. The van der Waals surface area contributed by atoms with E-state index in [9.17, 15) is 4.79 Å². The molecule has 2 aliphatic rings. The van der Waals surface area contributed by atoms with Gasteiger partial charge in [-0.3, -0.25) is 14.6 Å². The molecule has 2 aromatic rings. The van der Waals surface area contributed by atoms with Gasteiger partial charge in [-0.2, -0.15) is 5.10 Å². The smallest absolute Gasteiger partial charge is 0.226 e. The number of hydrogen-bond acceptors (Lipinski definition) is 4. The molecule has 2 aromatic heterocycles. The average molecular weight is 314 g/mol. The maximum absolute atomic E-state index is 12.9. The van der Waals surface area contributed by atoms with E-state index in [1.54, 1.807) is 6.20 Å². The van der Waals surface area contributed by atoms with E-state index in [1.165, 1.54) is 5.56 Å². The van der Waals surface area contributed by atoms with Gasteiger partial charge in [0.25, 0.3) is 0 Å². The second-order valence-electron chi connectivity index (χ2n) is 6.73. The van der Waals surface area contributed by atoms with E-state index in [2.05, 4.69) is 25.4 Å². The predicted molar refractivity (Wildman–Crippen MR) is 83.4 cm³/mol. The summed E-state index contributed by atoms with van der Waals surface area (Å²) in [6, 6.07) is 0. The Morgan fingerprint density at radius 3 is 3.22 bits per heavy atom. The highest BCUT2D eigenvalue weighted by molar-refractivity contribution is 5.79. The number of carbonyl (C=O) groups excluding carboxylic acids is 1. The summed E-state index contributed by atoms with van der Waals surface area (Å²) in [6.45, 7) is 2.57. The molecule has 0 saturated carbocycles. The molecule has 1 aliphatic carbocycles. The van der Waals surface area contributed by atoms with Gasteiger partial charge in [0.1, 0.15) is 0 Å². The van der Waals surface area contributed by atoms with Crippen LogP contribution in [0.2, 0.25) is 0 Å². The fraction of sp³-hybridized carbons (Fsp3) is 0.625. The molecule has 0 radical (unpaired) electrons. The zero-order valence-corrected chi connectivity index (χ0v) is 13.2. The van der Waals surface area contributed by atoms with Crippen molar-refractivity contribution in [3.63, 3.8) is 0 Å². The van der Waals surface area contributed by atoms with Crippen LogP contribution >= 0.6 is 0 Å². The van der Waals surface area contributed by atoms with Crippen molar-refractivity contribution in [2.75, 3.05) is 13.1 Å². The quantitative estimate of drug-likeness (QED) is 0.918. The van der Waals surface area contributed by atoms with Crippen LogP contribution in [0, 0.1) is 11.8 Å². The van der Waals surface area contributed by atoms with Gasteiger partial charge in [-0.1, -0.05) is 5.21 Å². The van der Waals surface area contributed by atoms with Gasteiger partial charge >= 0.3 is 0 Å². The predicted octanol–water partition coefficient (Wildman–Crippen LogP) is 1.04. The number of H-pyrrole nitrogens is 1. The van der Waals surface area contributed by atoms with Crippen molar-refractivity contribution in [2.24, 2.45) is 11.8 Å². The van der Waals surface area contributed by atoms with E-state index in [-0.39, 0.29) is 5.92 Å². The van der Waals surface area contributed by atoms with E-state index < -0.39 is 0 Å². The molecule has 122 valence electrons. The number of rotatable bonds is 3. The lowest BCUT2D eigenvalue weighted by atomic mass is 9.86. The van der Waals surface area contributed by atoms with Crippen LogP contribution in [0.5, 0.6) is 0 Å². The Labute approximate surface area is 135 Å². The van der Waals surface area contributed by atoms with Crippen molar-refractivity contribution in [1.29, 1.82) is 0 Å². The summed E-state index contributed by atoms with van der Waals surface area (Å²) >= 11 is 0. The van der Waals surface area contributed by atoms with Crippen molar-refractivity contribution in [2.45, 2.75) is 38.6 Å². The summed E-state index contributed by atoms with van der Waals surface area (Å²) in [5, 5.41) is 15.0. The fourth-order valence-corrected chi connectivity index (χ4v) is 3.89. The Kier molecular flexibility index (Phi) is 3.85. The van der Waals surface area contributed by atoms with Crippen LogP contribution in [0.3, 0.4) is 0 Å². The van der Waals surface area contributed by atoms with Gasteiger partial charge < -0.3 is 4.90 Å². The van der Waals surface area contributed by atoms with Gasteiger partial charge in [-0.05, 0) is 37.2 Å². The molecule has 4 rings (SSSR count). The van der Waals surface area contributed by atoms with Gasteiger partial charge in [0, 0.05) is 43.9 Å². The Balaban J connectivity index is 1.38. The number of fused-ring (bicyclic) bond motifs is 1. The molecule has 2 unspecified atom stereocenters. The molecule has 1 saturated heterocycles. The maximum atomic E-state index is 12.9. The number of nitrogens with zero attached hydrogens (tertiary/aromatic N) is 5. The Hall–Kier alpha value is -2.18. The summed E-state index contributed by atoms with van der Waals surface area (Å²) in [6.07, 6.45) is 10.4. The van der Waals surface area contributed by atoms with Crippen LogP contribution in [0.25, 0.3) is 0 Å². The first-order valence-corrected chi connectivity index (χ1v) is 8.43. The average Bonchev–Trinajstić information content (AvgIpc) is 3.25. The fourth-order valence-electron chi connectivity index (χ4n) is 3.89. The molecule has 0 aromatic carbocycles. The number of hydrogen-bond donors (Lipinski definition) is 1. The molecule has 23 heavy (non-hydrogen) atoms. The van der Waals surface area contributed by atoms with Gasteiger partial charge in [-0.15, -0.1) is 5.10 Å². The number of amides is 1. The monoisotopic (exact) mass is 314 g/mol. The van der Waals surface area contributed by atoms with Crippen LogP contribution in [-0.2, 0) is 24.2 Å². The summed E-state index contributed by atoms with van der Waals surface area (Å²) in [4.78, 5) is 15.0. The zero-order chi connectivity index (χ0) is 15.6. The summed E-state index contributed by atoms with van der Waals surface area (Å²) in [5.74, 6) is 0.891. The standard InChI is InChI=1S/C16H22N6O/c23-16(13-3-4-14-9-18-19-15(14)8-13)21-6-1-2-12(10-21)11-22-7-5-17-20-22/h5,7,9,12-13H,1-4,6,8,10-11H2,(H,18,19). The third-order valence-electron chi connectivity index (χ3n) is 5.12. The third kappa shape index (κ3) is 3.00. The van der Waals surface area contributed by atoms with Crippen LogP contribution in [0.1, 0.15) is 30.5 Å². The second kappa shape index (κ2) is 6.14. The molecule has 2 atom stereocenters. The van der Waals surface area contributed by atoms with Gasteiger partial charge in [0.15, 0.2) is 0 Å². The van der Waals surface area contributed by atoms with Crippen LogP contribution in [-0.4, -0.2) is 49.1 Å². The van der Waals surface area contributed by atoms with Crippen LogP contribution in [0.4, 0.5) is 0 Å². The third-order valence-corrected chi connectivity index (χ3v) is 5.12. The number of aromatic amines is 1. The number of nitrogens with one attached hydrogen (secondary N) is 1. The highest BCUT2D eigenvalue weighted by Gasteiger charge is 2.32. The van der Waals surface area contributed by atoms with Gasteiger partial charge in [0.2, 0.25) is 5.91 Å². The highest BCUT2D eigenvalue weighted by atomic mass is 16.2.